The van der Waals surface area contributed by atoms with Crippen molar-refractivity contribution in [2.24, 2.45) is 0 Å². The molecule has 2 aromatic carbocycles. The highest BCUT2D eigenvalue weighted by Crippen LogP contribution is 2.29. The van der Waals surface area contributed by atoms with E-state index in [0.717, 1.165) is 12.0 Å². The van der Waals surface area contributed by atoms with Gasteiger partial charge in [-0.25, -0.2) is 0 Å². The smallest absolute Gasteiger partial charge is 0.244 e. The Morgan fingerprint density at radius 3 is 2.56 bits per heavy atom. The van der Waals surface area contributed by atoms with E-state index in [9.17, 15) is 14.4 Å². The molecule has 0 aliphatic heterocycles. The summed E-state index contributed by atoms with van der Waals surface area (Å²) in [5, 5.41) is 3.43. The van der Waals surface area contributed by atoms with Crippen molar-refractivity contribution in [2.75, 3.05) is 12.4 Å². The zero-order chi connectivity index (χ0) is 24.2. The molecule has 0 aliphatic carbocycles. The fourth-order valence-corrected chi connectivity index (χ4v) is 4.03. The van der Waals surface area contributed by atoms with Crippen molar-refractivity contribution >= 4 is 39.9 Å². The second-order valence-electron chi connectivity index (χ2n) is 7.63. The van der Waals surface area contributed by atoms with Gasteiger partial charge in [-0.2, -0.15) is 0 Å². The molecule has 172 valence electrons. The van der Waals surface area contributed by atoms with Crippen molar-refractivity contribution in [3.63, 3.8) is 0 Å². The number of ketones is 1. The fraction of sp³-hybridized carbons (Fsp3) is 0.154. The van der Waals surface area contributed by atoms with E-state index in [2.05, 4.69) is 10.3 Å². The number of methoxy groups -OCH3 is 1. The molecular weight excluding hydrogens is 454 g/mol. The molecule has 1 N–H and O–H groups in total. The summed E-state index contributed by atoms with van der Waals surface area (Å²) >= 11 is 6.32. The molecule has 0 unspecified atom stereocenters. The van der Waals surface area contributed by atoms with Crippen LogP contribution in [0.5, 0.6) is 5.75 Å². The Labute approximate surface area is 201 Å². The number of nitrogens with zero attached hydrogens (tertiary/aromatic N) is 2. The van der Waals surface area contributed by atoms with E-state index in [1.807, 2.05) is 31.2 Å². The summed E-state index contributed by atoms with van der Waals surface area (Å²) in [7, 11) is 1.44. The lowest BCUT2D eigenvalue weighted by atomic mass is 10.0. The molecule has 7 nitrogen and oxygen atoms in total. The summed E-state index contributed by atoms with van der Waals surface area (Å²) in [6.07, 6.45) is 5.13. The van der Waals surface area contributed by atoms with Crippen LogP contribution < -0.4 is 15.5 Å². The van der Waals surface area contributed by atoms with Crippen LogP contribution in [0.3, 0.4) is 0 Å². The number of anilines is 1. The predicted molar refractivity (Wildman–Crippen MR) is 132 cm³/mol. The SMILES string of the molecule is CCc1ccccc1NC(=O)Cn1cc(C(=O)c2ccncc2)c(=O)c2cc(OC)c(Cl)cc21. The number of aromatic nitrogens is 2. The van der Waals surface area contributed by atoms with E-state index in [1.54, 1.807) is 10.6 Å². The summed E-state index contributed by atoms with van der Waals surface area (Å²) in [5.74, 6) is -0.471. The molecule has 2 aromatic heterocycles. The molecule has 2 heterocycles. The van der Waals surface area contributed by atoms with Gasteiger partial charge in [-0.15, -0.1) is 0 Å². The zero-order valence-electron chi connectivity index (χ0n) is 18.7. The lowest BCUT2D eigenvalue weighted by Crippen LogP contribution is -2.24. The monoisotopic (exact) mass is 475 g/mol. The van der Waals surface area contributed by atoms with Crippen LogP contribution in [0.1, 0.15) is 28.4 Å². The molecular formula is C26H22ClN3O4. The van der Waals surface area contributed by atoms with Crippen molar-refractivity contribution in [1.29, 1.82) is 0 Å². The molecule has 8 heteroatoms. The number of amides is 1. The molecule has 4 rings (SSSR count). The predicted octanol–water partition coefficient (Wildman–Crippen LogP) is 4.49. The second-order valence-corrected chi connectivity index (χ2v) is 8.03. The van der Waals surface area contributed by atoms with Gasteiger partial charge in [0, 0.05) is 29.8 Å². The van der Waals surface area contributed by atoms with Crippen LogP contribution in [0.25, 0.3) is 10.9 Å². The van der Waals surface area contributed by atoms with Crippen LogP contribution in [-0.2, 0) is 17.8 Å². The molecule has 34 heavy (non-hydrogen) atoms. The third-order valence-electron chi connectivity index (χ3n) is 5.53. The molecule has 0 saturated heterocycles. The van der Waals surface area contributed by atoms with Gasteiger partial charge in [0.15, 0.2) is 5.78 Å². The number of halogens is 1. The highest BCUT2D eigenvalue weighted by atomic mass is 35.5. The van der Waals surface area contributed by atoms with Crippen molar-refractivity contribution < 1.29 is 14.3 Å². The van der Waals surface area contributed by atoms with Gasteiger partial charge in [-0.05, 0) is 42.3 Å². The van der Waals surface area contributed by atoms with Crippen LogP contribution in [0.4, 0.5) is 5.69 Å². The highest BCUT2D eigenvalue weighted by Gasteiger charge is 2.20. The van der Waals surface area contributed by atoms with Gasteiger partial charge in [0.25, 0.3) is 0 Å². The Morgan fingerprint density at radius 1 is 1.12 bits per heavy atom. The quantitative estimate of drug-likeness (QED) is 0.398. The number of hydrogen-bond acceptors (Lipinski definition) is 5. The first-order chi connectivity index (χ1) is 16.4. The van der Waals surface area contributed by atoms with Crippen molar-refractivity contribution in [3.05, 3.63) is 99.1 Å². The van der Waals surface area contributed by atoms with Crippen LogP contribution >= 0.6 is 11.6 Å². The molecule has 0 atom stereocenters. The summed E-state index contributed by atoms with van der Waals surface area (Å²) in [6, 6.07) is 13.7. The number of hydrogen-bond donors (Lipinski definition) is 1. The fourth-order valence-electron chi connectivity index (χ4n) is 3.79. The average molecular weight is 476 g/mol. The Balaban J connectivity index is 1.82. The number of ether oxygens (including phenoxy) is 1. The minimum Gasteiger partial charge on any atom is -0.495 e. The first-order valence-corrected chi connectivity index (χ1v) is 11.0. The molecule has 0 aliphatic rings. The number of pyridine rings is 2. The summed E-state index contributed by atoms with van der Waals surface area (Å²) in [4.78, 5) is 43.3. The third-order valence-corrected chi connectivity index (χ3v) is 5.82. The van der Waals surface area contributed by atoms with E-state index in [-0.39, 0.29) is 28.4 Å². The zero-order valence-corrected chi connectivity index (χ0v) is 19.4. The number of fused-ring (bicyclic) bond motifs is 1. The minimum absolute atomic E-state index is 0.0650. The topological polar surface area (TPSA) is 90.3 Å². The normalized spacial score (nSPS) is 10.8. The molecule has 0 saturated carbocycles. The van der Waals surface area contributed by atoms with Gasteiger partial charge >= 0.3 is 0 Å². The number of benzene rings is 2. The molecule has 0 radical (unpaired) electrons. The van der Waals surface area contributed by atoms with Crippen molar-refractivity contribution in [2.45, 2.75) is 19.9 Å². The van der Waals surface area contributed by atoms with Crippen molar-refractivity contribution in [3.8, 4) is 5.75 Å². The van der Waals surface area contributed by atoms with Gasteiger partial charge < -0.3 is 14.6 Å². The maximum atomic E-state index is 13.3. The van der Waals surface area contributed by atoms with Gasteiger partial charge in [0.1, 0.15) is 12.3 Å². The van der Waals surface area contributed by atoms with Crippen LogP contribution in [0, 0.1) is 0 Å². The van der Waals surface area contributed by atoms with Gasteiger partial charge in [-0.3, -0.25) is 19.4 Å². The lowest BCUT2D eigenvalue weighted by molar-refractivity contribution is -0.116. The van der Waals surface area contributed by atoms with Gasteiger partial charge in [0.2, 0.25) is 11.3 Å². The first-order valence-electron chi connectivity index (χ1n) is 10.7. The standard InChI is InChI=1S/C26H22ClN3O4/c1-3-16-6-4-5-7-21(16)29-24(31)15-30-14-19(25(32)17-8-10-28-11-9-17)26(33)18-12-23(34-2)20(27)13-22(18)30/h4-14H,3,15H2,1-2H3,(H,29,31). The molecule has 4 aromatic rings. The number of nitrogens with one attached hydrogen (secondary N) is 1. The van der Waals surface area contributed by atoms with Crippen LogP contribution in [0.2, 0.25) is 5.02 Å². The van der Waals surface area contributed by atoms with E-state index in [1.165, 1.54) is 43.9 Å². The van der Waals surface area contributed by atoms with E-state index < -0.39 is 11.2 Å². The maximum Gasteiger partial charge on any atom is 0.244 e. The molecule has 1 amide bonds. The van der Waals surface area contributed by atoms with E-state index >= 15 is 0 Å². The second kappa shape index (κ2) is 9.89. The maximum absolute atomic E-state index is 13.3. The molecule has 0 spiro atoms. The largest absolute Gasteiger partial charge is 0.495 e. The number of aryl methyl sites for hydroxylation is 1. The third kappa shape index (κ3) is 4.56. The number of carbonyl (C=O) groups excluding carboxylic acids is 2. The van der Waals surface area contributed by atoms with Gasteiger partial charge in [0.05, 0.1) is 28.6 Å². The van der Waals surface area contributed by atoms with Crippen LogP contribution in [0.15, 0.2) is 71.9 Å². The first kappa shape index (κ1) is 23.2. The number of rotatable bonds is 7. The van der Waals surface area contributed by atoms with Crippen LogP contribution in [-0.4, -0.2) is 28.4 Å². The van der Waals surface area contributed by atoms with Gasteiger partial charge in [-0.1, -0.05) is 36.7 Å². The summed E-state index contributed by atoms with van der Waals surface area (Å²) in [5.41, 5.74) is 1.92. The lowest BCUT2D eigenvalue weighted by Gasteiger charge is -2.16. The number of carbonyl (C=O) groups is 2. The van der Waals surface area contributed by atoms with Crippen molar-refractivity contribution in [1.82, 2.24) is 9.55 Å². The number of para-hydroxylation sites is 1. The molecule has 0 fully saturated rings. The average Bonchev–Trinajstić information content (AvgIpc) is 2.86. The summed E-state index contributed by atoms with van der Waals surface area (Å²) < 4.78 is 6.82. The highest BCUT2D eigenvalue weighted by molar-refractivity contribution is 6.32. The Hall–Kier alpha value is -3.97. The Bertz CT molecular complexity index is 1450. The summed E-state index contributed by atoms with van der Waals surface area (Å²) in [6.45, 7) is 1.88. The molecule has 0 bridgehead atoms. The van der Waals surface area contributed by atoms with E-state index in [0.29, 0.717) is 22.5 Å². The Kier molecular flexibility index (Phi) is 6.75. The minimum atomic E-state index is -0.472. The Morgan fingerprint density at radius 2 is 1.85 bits per heavy atom. The van der Waals surface area contributed by atoms with E-state index in [4.69, 9.17) is 16.3 Å².